The highest BCUT2D eigenvalue weighted by Crippen LogP contribution is 2.28. The van der Waals surface area contributed by atoms with Gasteiger partial charge in [-0.1, -0.05) is 0 Å². The predicted molar refractivity (Wildman–Crippen MR) is 98.7 cm³/mol. The van der Waals surface area contributed by atoms with Gasteiger partial charge in [-0.3, -0.25) is 4.57 Å². The maximum atomic E-state index is 12.2. The summed E-state index contributed by atoms with van der Waals surface area (Å²) in [6.07, 6.45) is 4.90. The van der Waals surface area contributed by atoms with Crippen LogP contribution in [0.4, 0.5) is 4.79 Å². The van der Waals surface area contributed by atoms with E-state index in [1.165, 1.54) is 0 Å². The number of rotatable bonds is 2. The Hall–Kier alpha value is -2.90. The second-order valence-electron chi connectivity index (χ2n) is 7.78. The van der Waals surface area contributed by atoms with E-state index < -0.39 is 5.60 Å². The molecule has 0 spiro atoms. The number of hydrogen-bond acceptors (Lipinski definition) is 6. The molecule has 1 fully saturated rings. The summed E-state index contributed by atoms with van der Waals surface area (Å²) in [5, 5.41) is 5.14. The summed E-state index contributed by atoms with van der Waals surface area (Å²) in [7, 11) is 0. The van der Waals surface area contributed by atoms with E-state index in [1.807, 2.05) is 49.7 Å². The lowest BCUT2D eigenvalue weighted by molar-refractivity contribution is 0.0198. The van der Waals surface area contributed by atoms with Gasteiger partial charge in [0.25, 0.3) is 5.95 Å². The summed E-state index contributed by atoms with van der Waals surface area (Å²) >= 11 is 0. The number of carbonyl (C=O) groups is 1. The molecule has 8 nitrogen and oxygen atoms in total. The van der Waals surface area contributed by atoms with Gasteiger partial charge in [0.2, 0.25) is 5.89 Å². The van der Waals surface area contributed by atoms with E-state index in [2.05, 4.69) is 15.1 Å². The minimum Gasteiger partial charge on any atom is -0.444 e. The average Bonchev–Trinajstić information content (AvgIpc) is 3.27. The normalized spacial score (nSPS) is 16.0. The zero-order valence-electron chi connectivity index (χ0n) is 15.8. The lowest BCUT2D eigenvalue weighted by Gasteiger charge is -2.32. The maximum Gasteiger partial charge on any atom is 0.410 e. The minimum atomic E-state index is -0.483. The lowest BCUT2D eigenvalue weighted by Crippen LogP contribution is -2.41. The lowest BCUT2D eigenvalue weighted by atomic mass is 9.97. The van der Waals surface area contributed by atoms with Crippen molar-refractivity contribution in [3.8, 4) is 5.95 Å². The average molecular weight is 369 g/mol. The van der Waals surface area contributed by atoms with Gasteiger partial charge in [-0.15, -0.1) is 0 Å². The largest absolute Gasteiger partial charge is 0.444 e. The number of fused-ring (bicyclic) bond motifs is 1. The van der Waals surface area contributed by atoms with Crippen molar-refractivity contribution in [1.29, 1.82) is 0 Å². The zero-order valence-corrected chi connectivity index (χ0v) is 15.8. The summed E-state index contributed by atoms with van der Waals surface area (Å²) in [6, 6.07) is 5.86. The molecule has 0 atom stereocenters. The maximum absolute atomic E-state index is 12.2. The van der Waals surface area contributed by atoms with Gasteiger partial charge >= 0.3 is 6.09 Å². The molecule has 1 aliphatic heterocycles. The van der Waals surface area contributed by atoms with Crippen molar-refractivity contribution >= 4 is 17.1 Å². The van der Waals surface area contributed by atoms with Gasteiger partial charge in [0.05, 0.1) is 0 Å². The van der Waals surface area contributed by atoms with Crippen LogP contribution in [0.2, 0.25) is 0 Å². The fraction of sp³-hybridized carbons (Fsp3) is 0.474. The molecule has 1 saturated heterocycles. The quantitative estimate of drug-likeness (QED) is 0.687. The van der Waals surface area contributed by atoms with Crippen LogP contribution in [0.15, 0.2) is 35.1 Å². The number of pyridine rings is 1. The van der Waals surface area contributed by atoms with Crippen molar-refractivity contribution in [3.05, 3.63) is 36.5 Å². The molecule has 0 radical (unpaired) electrons. The SMILES string of the molecule is CC(C)(C)OC(=O)N1CCC(c2nc(-n3ccc4cccnc43)no2)CC1. The first kappa shape index (κ1) is 17.5. The second kappa shape index (κ2) is 6.68. The van der Waals surface area contributed by atoms with E-state index in [-0.39, 0.29) is 12.0 Å². The molecule has 3 aromatic heterocycles. The number of amides is 1. The van der Waals surface area contributed by atoms with Crippen LogP contribution in [0.1, 0.15) is 45.4 Å². The Bertz CT molecular complexity index is 948. The third-order valence-corrected chi connectivity index (χ3v) is 4.59. The van der Waals surface area contributed by atoms with Crippen molar-refractivity contribution in [3.63, 3.8) is 0 Å². The Morgan fingerprint density at radius 3 is 2.78 bits per heavy atom. The van der Waals surface area contributed by atoms with Crippen LogP contribution >= 0.6 is 0 Å². The number of hydrogen-bond donors (Lipinski definition) is 0. The topological polar surface area (TPSA) is 86.3 Å². The second-order valence-corrected chi connectivity index (χ2v) is 7.78. The summed E-state index contributed by atoms with van der Waals surface area (Å²) in [4.78, 5) is 22.9. The first-order valence-electron chi connectivity index (χ1n) is 9.15. The van der Waals surface area contributed by atoms with E-state index in [9.17, 15) is 4.79 Å². The minimum absolute atomic E-state index is 0.139. The monoisotopic (exact) mass is 369 g/mol. The van der Waals surface area contributed by atoms with Gasteiger partial charge in [-0.25, -0.2) is 9.78 Å². The smallest absolute Gasteiger partial charge is 0.410 e. The van der Waals surface area contributed by atoms with Gasteiger partial charge in [0.1, 0.15) is 11.2 Å². The summed E-state index contributed by atoms with van der Waals surface area (Å²) < 4.78 is 12.8. The van der Waals surface area contributed by atoms with Crippen LogP contribution in [0.3, 0.4) is 0 Å². The Labute approximate surface area is 157 Å². The van der Waals surface area contributed by atoms with Crippen LogP contribution in [0.5, 0.6) is 0 Å². The molecule has 0 unspecified atom stereocenters. The van der Waals surface area contributed by atoms with Crippen molar-refractivity contribution < 1.29 is 14.1 Å². The van der Waals surface area contributed by atoms with Crippen LogP contribution in [0, 0.1) is 0 Å². The van der Waals surface area contributed by atoms with Crippen LogP contribution in [0.25, 0.3) is 17.0 Å². The molecule has 4 heterocycles. The third kappa shape index (κ3) is 3.65. The third-order valence-electron chi connectivity index (χ3n) is 4.59. The molecule has 8 heteroatoms. The molecule has 1 amide bonds. The van der Waals surface area contributed by atoms with Crippen molar-refractivity contribution in [2.75, 3.05) is 13.1 Å². The Balaban J connectivity index is 1.44. The van der Waals surface area contributed by atoms with E-state index in [0.717, 1.165) is 23.9 Å². The molecule has 3 aromatic rings. The number of likely N-dealkylation sites (tertiary alicyclic amines) is 1. The zero-order chi connectivity index (χ0) is 19.0. The molecule has 0 bridgehead atoms. The first-order valence-corrected chi connectivity index (χ1v) is 9.15. The van der Waals surface area contributed by atoms with Gasteiger partial charge in [0.15, 0.2) is 0 Å². The summed E-state index contributed by atoms with van der Waals surface area (Å²) in [5.74, 6) is 1.22. The van der Waals surface area contributed by atoms with Crippen LogP contribution in [-0.2, 0) is 4.74 Å². The highest BCUT2D eigenvalue weighted by Gasteiger charge is 2.30. The predicted octanol–water partition coefficient (Wildman–Crippen LogP) is 3.52. The van der Waals surface area contributed by atoms with Crippen molar-refractivity contribution in [2.45, 2.75) is 45.1 Å². The fourth-order valence-electron chi connectivity index (χ4n) is 3.25. The number of nitrogens with zero attached hydrogens (tertiary/aromatic N) is 5. The molecule has 1 aliphatic rings. The van der Waals surface area contributed by atoms with Crippen LogP contribution < -0.4 is 0 Å². The molecule has 0 aliphatic carbocycles. The highest BCUT2D eigenvalue weighted by molar-refractivity contribution is 5.77. The summed E-state index contributed by atoms with van der Waals surface area (Å²) in [5.41, 5.74) is 0.313. The highest BCUT2D eigenvalue weighted by atomic mass is 16.6. The molecule has 0 saturated carbocycles. The van der Waals surface area contributed by atoms with Gasteiger partial charge in [-0.05, 0) is 57.0 Å². The van der Waals surface area contributed by atoms with E-state index >= 15 is 0 Å². The molecule has 4 rings (SSSR count). The molecule has 0 aromatic carbocycles. The van der Waals surface area contributed by atoms with E-state index in [1.54, 1.807) is 11.1 Å². The first-order chi connectivity index (χ1) is 12.9. The standard InChI is InChI=1S/C19H23N5O3/c1-19(2,3)26-18(25)23-10-6-14(7-11-23)16-21-17(22-27-16)24-12-8-13-5-4-9-20-15(13)24/h4-5,8-9,12,14H,6-7,10-11H2,1-3H3. The summed E-state index contributed by atoms with van der Waals surface area (Å²) in [6.45, 7) is 6.85. The fourth-order valence-corrected chi connectivity index (χ4v) is 3.25. The molecular weight excluding hydrogens is 346 g/mol. The van der Waals surface area contributed by atoms with Crippen molar-refractivity contribution in [2.24, 2.45) is 0 Å². The van der Waals surface area contributed by atoms with E-state index in [4.69, 9.17) is 9.26 Å². The van der Waals surface area contributed by atoms with E-state index in [0.29, 0.717) is 24.9 Å². The molecule has 0 N–H and O–H groups in total. The van der Waals surface area contributed by atoms with Gasteiger partial charge in [-0.2, -0.15) is 4.98 Å². The number of ether oxygens (including phenoxy) is 1. The molecule has 27 heavy (non-hydrogen) atoms. The number of aromatic nitrogens is 4. The molecular formula is C19H23N5O3. The number of carbonyl (C=O) groups excluding carboxylic acids is 1. The Morgan fingerprint density at radius 2 is 2.04 bits per heavy atom. The Kier molecular flexibility index (Phi) is 4.33. The van der Waals surface area contributed by atoms with Gasteiger partial charge in [0, 0.05) is 36.8 Å². The number of piperidine rings is 1. The van der Waals surface area contributed by atoms with Crippen LogP contribution in [-0.4, -0.2) is 49.4 Å². The molecule has 142 valence electrons. The Morgan fingerprint density at radius 1 is 1.26 bits per heavy atom. The van der Waals surface area contributed by atoms with Gasteiger partial charge < -0.3 is 14.2 Å². The van der Waals surface area contributed by atoms with Crippen molar-refractivity contribution in [1.82, 2.24) is 24.6 Å².